The molecule has 0 bridgehead atoms. The molecule has 4 nitrogen and oxygen atoms in total. The molecule has 0 aliphatic carbocycles. The van der Waals surface area contributed by atoms with Crippen LogP contribution in [-0.4, -0.2) is 39.9 Å². The number of aliphatic hydroxyl groups is 1. The fraction of sp³-hybridized carbons (Fsp3) is 0.643. The summed E-state index contributed by atoms with van der Waals surface area (Å²) < 4.78 is 17.0. The zero-order valence-electron chi connectivity index (χ0n) is 22.2. The van der Waals surface area contributed by atoms with Crippen molar-refractivity contribution in [2.45, 2.75) is 97.1 Å². The summed E-state index contributed by atoms with van der Waals surface area (Å²) in [4.78, 5) is 0. The largest absolute Gasteiger partial charge is 0.497 e. The van der Waals surface area contributed by atoms with E-state index in [1.54, 1.807) is 7.11 Å². The molecule has 1 aromatic rings. The Balaban J connectivity index is 2.09. The van der Waals surface area contributed by atoms with Gasteiger partial charge in [0.25, 0.3) is 0 Å². The van der Waals surface area contributed by atoms with Crippen molar-refractivity contribution in [2.75, 3.05) is 20.3 Å². The van der Waals surface area contributed by atoms with Crippen molar-refractivity contribution >= 4 is 8.32 Å². The summed E-state index contributed by atoms with van der Waals surface area (Å²) >= 11 is 0. The summed E-state index contributed by atoms with van der Waals surface area (Å²) in [6, 6.07) is 7.91. The third-order valence-corrected chi connectivity index (χ3v) is 10.9. The van der Waals surface area contributed by atoms with E-state index in [1.807, 2.05) is 30.3 Å². The predicted octanol–water partition coefficient (Wildman–Crippen LogP) is 7.44. The van der Waals surface area contributed by atoms with E-state index in [-0.39, 0.29) is 11.1 Å². The minimum absolute atomic E-state index is 0.263. The number of rotatable bonds is 16. The number of allylic oxidation sites excluding steroid dienone is 2. The van der Waals surface area contributed by atoms with E-state index in [9.17, 15) is 5.11 Å². The van der Waals surface area contributed by atoms with Crippen molar-refractivity contribution in [1.82, 2.24) is 0 Å². The van der Waals surface area contributed by atoms with Crippen molar-refractivity contribution in [2.24, 2.45) is 0 Å². The number of methoxy groups -OCH3 is 1. The molecule has 0 radical (unpaired) electrons. The van der Waals surface area contributed by atoms with Crippen LogP contribution in [0.1, 0.15) is 71.8 Å². The summed E-state index contributed by atoms with van der Waals surface area (Å²) in [6.07, 6.45) is 12.1. The highest BCUT2D eigenvalue weighted by Crippen LogP contribution is 2.36. The van der Waals surface area contributed by atoms with Gasteiger partial charge in [-0.1, -0.05) is 56.7 Å². The Bertz CT molecular complexity index is 702. The molecule has 0 aliphatic rings. The van der Waals surface area contributed by atoms with Crippen LogP contribution in [0.25, 0.3) is 0 Å². The lowest BCUT2D eigenvalue weighted by molar-refractivity contribution is 0.106. The predicted molar refractivity (Wildman–Crippen MR) is 142 cm³/mol. The van der Waals surface area contributed by atoms with Gasteiger partial charge in [0.1, 0.15) is 5.75 Å². The van der Waals surface area contributed by atoms with Gasteiger partial charge in [0, 0.05) is 6.61 Å². The highest BCUT2D eigenvalue weighted by Gasteiger charge is 2.36. The van der Waals surface area contributed by atoms with Crippen LogP contribution in [0.2, 0.25) is 18.1 Å². The van der Waals surface area contributed by atoms with Gasteiger partial charge in [-0.15, -0.1) is 0 Å². The number of hydrogen-bond acceptors (Lipinski definition) is 4. The van der Waals surface area contributed by atoms with E-state index < -0.39 is 8.32 Å². The van der Waals surface area contributed by atoms with Gasteiger partial charge in [-0.05, 0) is 81.3 Å². The molecule has 33 heavy (non-hydrogen) atoms. The summed E-state index contributed by atoms with van der Waals surface area (Å²) in [5.41, 5.74) is 2.40. The lowest BCUT2D eigenvalue weighted by Crippen LogP contribution is -2.40. The van der Waals surface area contributed by atoms with Gasteiger partial charge in [-0.25, -0.2) is 0 Å². The van der Waals surface area contributed by atoms with Gasteiger partial charge in [-0.2, -0.15) is 0 Å². The second kappa shape index (κ2) is 15.5. The third-order valence-electron chi connectivity index (χ3n) is 6.40. The van der Waals surface area contributed by atoms with Crippen molar-refractivity contribution in [3.63, 3.8) is 0 Å². The quantitative estimate of drug-likeness (QED) is 0.153. The molecule has 0 amide bonds. The Kier molecular flexibility index (Phi) is 13.9. The molecular formula is C28H48O4Si. The molecule has 1 aromatic carbocycles. The van der Waals surface area contributed by atoms with Crippen molar-refractivity contribution < 1.29 is 19.0 Å². The molecule has 0 aromatic heterocycles. The molecule has 1 unspecified atom stereocenters. The van der Waals surface area contributed by atoms with Crippen LogP contribution in [0.15, 0.2) is 48.1 Å². The molecule has 0 saturated heterocycles. The van der Waals surface area contributed by atoms with Crippen LogP contribution in [0.5, 0.6) is 5.75 Å². The van der Waals surface area contributed by atoms with E-state index >= 15 is 0 Å². The first-order valence-electron chi connectivity index (χ1n) is 12.4. The minimum Gasteiger partial charge on any atom is -0.497 e. The molecule has 0 saturated carbocycles. The van der Waals surface area contributed by atoms with E-state index in [0.717, 1.165) is 56.4 Å². The number of aliphatic hydroxyl groups excluding tert-OH is 1. The molecule has 1 rings (SSSR count). The average Bonchev–Trinajstić information content (AvgIpc) is 2.75. The lowest BCUT2D eigenvalue weighted by atomic mass is 10.1. The van der Waals surface area contributed by atoms with Gasteiger partial charge >= 0.3 is 0 Å². The zero-order valence-corrected chi connectivity index (χ0v) is 23.2. The molecule has 0 aliphatic heterocycles. The summed E-state index contributed by atoms with van der Waals surface area (Å²) in [7, 11) is 0.0262. The van der Waals surface area contributed by atoms with Crippen LogP contribution in [0.4, 0.5) is 0 Å². The Morgan fingerprint density at radius 2 is 1.76 bits per heavy atom. The first kappa shape index (κ1) is 29.6. The van der Waals surface area contributed by atoms with Gasteiger partial charge in [0.15, 0.2) is 8.32 Å². The molecule has 1 atom stereocenters. The van der Waals surface area contributed by atoms with E-state index in [2.05, 4.69) is 52.9 Å². The van der Waals surface area contributed by atoms with Crippen molar-refractivity contribution in [1.29, 1.82) is 0 Å². The second-order valence-electron chi connectivity index (χ2n) is 10.4. The molecule has 0 spiro atoms. The standard InChI is InChI=1S/C28H48O4Si/c1-24(14-11-9-8-10-12-21-32-33(6,7)28(2,3)4)22-26(29)15-13-20-31-23-25-16-18-27(30-5)19-17-25/h10,12,16-19,22,26,29H,8-9,11,13-15,20-21,23H2,1-7H3/b12-10+,24-22-. The SMILES string of the molecule is COc1ccc(COCCCC(O)/C=C(/C)CCCC/C=C/CO[Si](C)(C)C(C)(C)C)cc1. The van der Waals surface area contributed by atoms with Gasteiger partial charge in [-0.3, -0.25) is 0 Å². The van der Waals surface area contributed by atoms with Gasteiger partial charge < -0.3 is 19.0 Å². The Labute approximate surface area is 204 Å². The van der Waals surface area contributed by atoms with Crippen LogP contribution in [0, 0.1) is 0 Å². The number of benzene rings is 1. The summed E-state index contributed by atoms with van der Waals surface area (Å²) in [6.45, 7) is 15.5. The topological polar surface area (TPSA) is 47.9 Å². The Morgan fingerprint density at radius 3 is 2.39 bits per heavy atom. The molecule has 0 heterocycles. The van der Waals surface area contributed by atoms with Crippen LogP contribution in [0.3, 0.4) is 0 Å². The fourth-order valence-electron chi connectivity index (χ4n) is 3.13. The van der Waals surface area contributed by atoms with Crippen LogP contribution in [-0.2, 0) is 15.8 Å². The van der Waals surface area contributed by atoms with Crippen LogP contribution >= 0.6 is 0 Å². The average molecular weight is 477 g/mol. The maximum atomic E-state index is 10.2. The van der Waals surface area contributed by atoms with Gasteiger partial charge in [0.05, 0.1) is 26.4 Å². The monoisotopic (exact) mass is 476 g/mol. The number of ether oxygens (including phenoxy) is 2. The molecule has 5 heteroatoms. The lowest BCUT2D eigenvalue weighted by Gasteiger charge is -2.35. The fourth-order valence-corrected chi connectivity index (χ4v) is 4.07. The Morgan fingerprint density at radius 1 is 1.06 bits per heavy atom. The molecule has 188 valence electrons. The summed E-state index contributed by atoms with van der Waals surface area (Å²) in [5, 5.41) is 10.5. The summed E-state index contributed by atoms with van der Waals surface area (Å²) in [5.74, 6) is 0.854. The van der Waals surface area contributed by atoms with E-state index in [1.165, 1.54) is 5.57 Å². The molecule has 1 N–H and O–H groups in total. The second-order valence-corrected chi connectivity index (χ2v) is 15.2. The van der Waals surface area contributed by atoms with E-state index in [0.29, 0.717) is 13.2 Å². The Hall–Kier alpha value is -1.40. The van der Waals surface area contributed by atoms with Crippen molar-refractivity contribution in [3.05, 3.63) is 53.6 Å². The van der Waals surface area contributed by atoms with Gasteiger partial charge in [0.2, 0.25) is 0 Å². The van der Waals surface area contributed by atoms with Crippen molar-refractivity contribution in [3.8, 4) is 5.75 Å². The minimum atomic E-state index is -1.64. The molecular weight excluding hydrogens is 428 g/mol. The highest BCUT2D eigenvalue weighted by molar-refractivity contribution is 6.74. The first-order chi connectivity index (χ1) is 15.5. The highest BCUT2D eigenvalue weighted by atomic mass is 28.4. The molecule has 0 fully saturated rings. The number of hydrogen-bond donors (Lipinski definition) is 1. The normalized spacial score (nSPS) is 14.1. The number of unbranched alkanes of at least 4 members (excludes halogenated alkanes) is 2. The maximum Gasteiger partial charge on any atom is 0.192 e. The smallest absolute Gasteiger partial charge is 0.192 e. The van der Waals surface area contributed by atoms with E-state index in [4.69, 9.17) is 13.9 Å². The van der Waals surface area contributed by atoms with Crippen LogP contribution < -0.4 is 4.74 Å². The first-order valence-corrected chi connectivity index (χ1v) is 15.3. The zero-order chi connectivity index (χ0) is 24.7. The third kappa shape index (κ3) is 13.2. The maximum absolute atomic E-state index is 10.2.